The van der Waals surface area contributed by atoms with Crippen LogP contribution in [0.2, 0.25) is 0 Å². The molecule has 0 atom stereocenters. The predicted octanol–water partition coefficient (Wildman–Crippen LogP) is 0.927. The Hall–Kier alpha value is -1.84. The lowest BCUT2D eigenvalue weighted by molar-refractivity contribution is 0.934. The van der Waals surface area contributed by atoms with E-state index in [1.807, 2.05) is 31.3 Å². The van der Waals surface area contributed by atoms with E-state index in [9.17, 15) is 0 Å². The Morgan fingerprint density at radius 1 is 1.54 bits per heavy atom. The molecule has 2 aromatic heterocycles. The summed E-state index contributed by atoms with van der Waals surface area (Å²) < 4.78 is 1.73. The van der Waals surface area contributed by atoms with Gasteiger partial charge in [-0.1, -0.05) is 6.07 Å². The minimum Gasteiger partial charge on any atom is -0.384 e. The molecule has 0 aliphatic heterocycles. The van der Waals surface area contributed by atoms with Crippen LogP contribution in [0, 0.1) is 12.3 Å². The third-order valence-electron chi connectivity index (χ3n) is 1.98. The molecule has 2 aromatic rings. The highest BCUT2D eigenvalue weighted by Crippen LogP contribution is 2.13. The third kappa shape index (κ3) is 1.07. The molecule has 0 fully saturated rings. The topological polar surface area (TPSA) is 67.2 Å². The normalized spacial score (nSPS) is 10.5. The minimum atomic E-state index is 0.0682. The second kappa shape index (κ2) is 2.58. The van der Waals surface area contributed by atoms with Crippen LogP contribution in [-0.2, 0) is 0 Å². The molecule has 0 aliphatic rings. The van der Waals surface area contributed by atoms with Crippen LogP contribution in [0.15, 0.2) is 24.4 Å². The first-order valence-corrected chi connectivity index (χ1v) is 3.98. The lowest BCUT2D eigenvalue weighted by atomic mass is 10.2. The van der Waals surface area contributed by atoms with Crippen LogP contribution in [0.1, 0.15) is 11.3 Å². The van der Waals surface area contributed by atoms with E-state index in [2.05, 4.69) is 5.10 Å². The first-order chi connectivity index (χ1) is 6.20. The number of aromatic nitrogens is 2. The zero-order valence-corrected chi connectivity index (χ0v) is 7.28. The Morgan fingerprint density at radius 2 is 2.31 bits per heavy atom. The molecule has 0 spiro atoms. The van der Waals surface area contributed by atoms with Crippen molar-refractivity contribution in [3.05, 3.63) is 35.7 Å². The van der Waals surface area contributed by atoms with Gasteiger partial charge in [0.25, 0.3) is 0 Å². The number of nitrogens with one attached hydrogen (secondary N) is 1. The molecule has 4 heteroatoms. The third-order valence-corrected chi connectivity index (χ3v) is 1.98. The standard InChI is InChI=1S/C9H10N4/c1-6-8(9(10)11)7-4-2-3-5-13(7)12-6/h2-5H,1H3,(H3,10,11). The molecule has 0 saturated heterocycles. The van der Waals surface area contributed by atoms with Crippen molar-refractivity contribution in [2.45, 2.75) is 6.92 Å². The van der Waals surface area contributed by atoms with E-state index in [1.165, 1.54) is 0 Å². The molecular weight excluding hydrogens is 164 g/mol. The molecule has 0 amide bonds. The molecule has 0 unspecified atom stereocenters. The number of nitrogen functional groups attached to an aromatic ring is 1. The van der Waals surface area contributed by atoms with Gasteiger partial charge < -0.3 is 5.73 Å². The van der Waals surface area contributed by atoms with Gasteiger partial charge in [-0.15, -0.1) is 0 Å². The van der Waals surface area contributed by atoms with Gasteiger partial charge in [0.15, 0.2) is 0 Å². The molecule has 2 rings (SSSR count). The number of hydrogen-bond donors (Lipinski definition) is 2. The number of fused-ring (bicyclic) bond motifs is 1. The van der Waals surface area contributed by atoms with E-state index < -0.39 is 0 Å². The van der Waals surface area contributed by atoms with Crippen LogP contribution in [0.5, 0.6) is 0 Å². The summed E-state index contributed by atoms with van der Waals surface area (Å²) in [7, 11) is 0. The SMILES string of the molecule is Cc1nn2ccccc2c1C(=N)N. The highest BCUT2D eigenvalue weighted by molar-refractivity contribution is 6.02. The van der Waals surface area contributed by atoms with Gasteiger partial charge in [0.1, 0.15) is 5.84 Å². The molecule has 66 valence electrons. The van der Waals surface area contributed by atoms with Crippen molar-refractivity contribution in [1.82, 2.24) is 9.61 Å². The van der Waals surface area contributed by atoms with Gasteiger partial charge in [-0.3, -0.25) is 5.41 Å². The number of pyridine rings is 1. The molecular formula is C9H10N4. The van der Waals surface area contributed by atoms with Crippen LogP contribution in [-0.4, -0.2) is 15.4 Å². The highest BCUT2D eigenvalue weighted by atomic mass is 15.2. The zero-order valence-electron chi connectivity index (χ0n) is 7.28. The average molecular weight is 174 g/mol. The fourth-order valence-corrected chi connectivity index (χ4v) is 1.45. The zero-order chi connectivity index (χ0) is 9.42. The second-order valence-electron chi connectivity index (χ2n) is 2.90. The van der Waals surface area contributed by atoms with Crippen molar-refractivity contribution in [2.24, 2.45) is 5.73 Å². The number of nitrogens with zero attached hydrogens (tertiary/aromatic N) is 2. The fourth-order valence-electron chi connectivity index (χ4n) is 1.45. The number of amidine groups is 1. The van der Waals surface area contributed by atoms with Gasteiger partial charge >= 0.3 is 0 Å². The smallest absolute Gasteiger partial charge is 0.126 e. The number of hydrogen-bond acceptors (Lipinski definition) is 2. The fraction of sp³-hybridized carbons (Fsp3) is 0.111. The van der Waals surface area contributed by atoms with E-state index in [-0.39, 0.29) is 5.84 Å². The summed E-state index contributed by atoms with van der Waals surface area (Å²) in [4.78, 5) is 0. The highest BCUT2D eigenvalue weighted by Gasteiger charge is 2.10. The van der Waals surface area contributed by atoms with Gasteiger partial charge in [0.2, 0.25) is 0 Å². The predicted molar refractivity (Wildman–Crippen MR) is 50.9 cm³/mol. The first-order valence-electron chi connectivity index (χ1n) is 3.98. The van der Waals surface area contributed by atoms with E-state index in [1.54, 1.807) is 4.52 Å². The van der Waals surface area contributed by atoms with Gasteiger partial charge in [0.05, 0.1) is 16.8 Å². The minimum absolute atomic E-state index is 0.0682. The number of aryl methyl sites for hydroxylation is 1. The Labute approximate surface area is 75.5 Å². The van der Waals surface area contributed by atoms with Crippen molar-refractivity contribution in [3.63, 3.8) is 0 Å². The monoisotopic (exact) mass is 174 g/mol. The average Bonchev–Trinajstić information content (AvgIpc) is 2.39. The van der Waals surface area contributed by atoms with Crippen LogP contribution >= 0.6 is 0 Å². The van der Waals surface area contributed by atoms with Crippen molar-refractivity contribution in [3.8, 4) is 0 Å². The van der Waals surface area contributed by atoms with Gasteiger partial charge in [0, 0.05) is 6.20 Å². The molecule has 4 nitrogen and oxygen atoms in total. The molecule has 0 bridgehead atoms. The molecule has 0 saturated carbocycles. The quantitative estimate of drug-likeness (QED) is 0.498. The molecule has 3 N–H and O–H groups in total. The summed E-state index contributed by atoms with van der Waals surface area (Å²) in [5.74, 6) is 0.0682. The molecule has 0 aromatic carbocycles. The Kier molecular flexibility index (Phi) is 1.55. The largest absolute Gasteiger partial charge is 0.384 e. The summed E-state index contributed by atoms with van der Waals surface area (Å²) >= 11 is 0. The van der Waals surface area contributed by atoms with Crippen LogP contribution in [0.3, 0.4) is 0 Å². The second-order valence-corrected chi connectivity index (χ2v) is 2.90. The lowest BCUT2D eigenvalue weighted by Crippen LogP contribution is -2.11. The van der Waals surface area contributed by atoms with Crippen LogP contribution < -0.4 is 5.73 Å². The first kappa shape index (κ1) is 7.79. The van der Waals surface area contributed by atoms with Crippen LogP contribution in [0.4, 0.5) is 0 Å². The maximum Gasteiger partial charge on any atom is 0.126 e. The lowest BCUT2D eigenvalue weighted by Gasteiger charge is -1.95. The summed E-state index contributed by atoms with van der Waals surface area (Å²) in [5, 5.41) is 11.6. The van der Waals surface area contributed by atoms with E-state index in [0.717, 1.165) is 16.8 Å². The summed E-state index contributed by atoms with van der Waals surface area (Å²) in [6.07, 6.45) is 1.84. The van der Waals surface area contributed by atoms with Crippen molar-refractivity contribution >= 4 is 11.4 Å². The Bertz CT molecular complexity index is 469. The summed E-state index contributed by atoms with van der Waals surface area (Å²) in [6, 6.07) is 5.70. The van der Waals surface area contributed by atoms with Crippen LogP contribution in [0.25, 0.3) is 5.52 Å². The van der Waals surface area contributed by atoms with E-state index in [0.29, 0.717) is 0 Å². The number of nitrogens with two attached hydrogens (primary N) is 1. The summed E-state index contributed by atoms with van der Waals surface area (Å²) in [6.45, 7) is 1.85. The van der Waals surface area contributed by atoms with Crippen molar-refractivity contribution in [1.29, 1.82) is 5.41 Å². The van der Waals surface area contributed by atoms with Gasteiger partial charge in [-0.2, -0.15) is 5.10 Å². The maximum absolute atomic E-state index is 7.40. The Balaban J connectivity index is 2.86. The summed E-state index contributed by atoms with van der Waals surface area (Å²) in [5.41, 5.74) is 7.85. The maximum atomic E-state index is 7.40. The van der Waals surface area contributed by atoms with Crippen molar-refractivity contribution < 1.29 is 0 Å². The Morgan fingerprint density at radius 3 is 3.00 bits per heavy atom. The van der Waals surface area contributed by atoms with Crippen molar-refractivity contribution in [2.75, 3.05) is 0 Å². The molecule has 0 aliphatic carbocycles. The van der Waals surface area contributed by atoms with E-state index >= 15 is 0 Å². The van der Waals surface area contributed by atoms with Gasteiger partial charge in [-0.05, 0) is 19.1 Å². The molecule has 13 heavy (non-hydrogen) atoms. The molecule has 2 heterocycles. The van der Waals surface area contributed by atoms with E-state index in [4.69, 9.17) is 11.1 Å². The molecule has 0 radical (unpaired) electrons. The van der Waals surface area contributed by atoms with Gasteiger partial charge in [-0.25, -0.2) is 4.52 Å². The number of rotatable bonds is 1.